The van der Waals surface area contributed by atoms with Gasteiger partial charge in [-0.05, 0) is 0 Å². The van der Waals surface area contributed by atoms with Gasteiger partial charge in [0.1, 0.15) is 0 Å². The summed E-state index contributed by atoms with van der Waals surface area (Å²) in [5.74, 6) is 0. The molecule has 1 N–H and O–H groups in total. The summed E-state index contributed by atoms with van der Waals surface area (Å²) in [6.07, 6.45) is 0. The van der Waals surface area contributed by atoms with Gasteiger partial charge in [0, 0.05) is 7.11 Å². The first-order valence-electron chi connectivity index (χ1n) is 4.46. The molecule has 0 aliphatic rings. The van der Waals surface area contributed by atoms with E-state index in [0.29, 0.717) is 39.6 Å². The van der Waals surface area contributed by atoms with E-state index in [1.165, 1.54) is 7.11 Å². The molecular weight excluding hydrogens is 190 g/mol. The molecule has 0 amide bonds. The first-order chi connectivity index (χ1) is 6.91. The highest BCUT2D eigenvalue weighted by atomic mass is 16.9. The van der Waals surface area contributed by atoms with E-state index in [2.05, 4.69) is 10.5 Å². The van der Waals surface area contributed by atoms with E-state index < -0.39 is 0 Å². The summed E-state index contributed by atoms with van der Waals surface area (Å²) in [5.41, 5.74) is 2.24. The van der Waals surface area contributed by atoms with Crippen LogP contribution in [0.2, 0.25) is 0 Å². The average molecular weight is 209 g/mol. The van der Waals surface area contributed by atoms with Crippen LogP contribution in [0.1, 0.15) is 0 Å². The lowest BCUT2D eigenvalue weighted by Crippen LogP contribution is -2.17. The summed E-state index contributed by atoms with van der Waals surface area (Å²) in [5, 5.41) is 0. The molecule has 6 nitrogen and oxygen atoms in total. The van der Waals surface area contributed by atoms with Gasteiger partial charge in [-0.1, -0.05) is 5.64 Å². The first-order valence-corrected chi connectivity index (χ1v) is 4.46. The first kappa shape index (κ1) is 13.8. The molecule has 86 valence electrons. The molecule has 0 atom stereocenters. The van der Waals surface area contributed by atoms with Gasteiger partial charge in [0.05, 0.1) is 46.8 Å². The van der Waals surface area contributed by atoms with Crippen LogP contribution in [0.15, 0.2) is 0 Å². The minimum Gasteiger partial charge on any atom is -0.382 e. The Kier molecular flexibility index (Phi) is 12.5. The van der Waals surface area contributed by atoms with Gasteiger partial charge in [-0.2, -0.15) is 0 Å². The largest absolute Gasteiger partial charge is 0.382 e. The molecule has 0 radical (unpaired) electrons. The van der Waals surface area contributed by atoms with E-state index in [-0.39, 0.29) is 0 Å². The molecule has 0 aliphatic carbocycles. The molecule has 0 spiro atoms. The van der Waals surface area contributed by atoms with Crippen LogP contribution in [0.25, 0.3) is 0 Å². The second-order valence-electron chi connectivity index (χ2n) is 2.35. The topological polar surface area (TPSA) is 58.2 Å². The number of rotatable bonds is 11. The van der Waals surface area contributed by atoms with Crippen molar-refractivity contribution >= 4 is 0 Å². The van der Waals surface area contributed by atoms with Crippen LogP contribution in [0, 0.1) is 0 Å². The number of methoxy groups -OCH3 is 1. The molecule has 6 heteroatoms. The van der Waals surface area contributed by atoms with Gasteiger partial charge in [-0.15, -0.1) is 0 Å². The maximum Gasteiger partial charge on any atom is 0.0942 e. The average Bonchev–Trinajstić information content (AvgIpc) is 2.21. The lowest BCUT2D eigenvalue weighted by atomic mass is 10.7. The smallest absolute Gasteiger partial charge is 0.0942 e. The van der Waals surface area contributed by atoms with E-state index in [9.17, 15) is 0 Å². The van der Waals surface area contributed by atoms with Crippen LogP contribution in [0.3, 0.4) is 0 Å². The Hall–Kier alpha value is -0.240. The van der Waals surface area contributed by atoms with Crippen LogP contribution in [-0.2, 0) is 23.9 Å². The molecule has 0 aromatic rings. The summed E-state index contributed by atoms with van der Waals surface area (Å²) in [6, 6.07) is 0. The summed E-state index contributed by atoms with van der Waals surface area (Å²) in [4.78, 5) is 9.22. The maximum absolute atomic E-state index is 5.17. The SMILES string of the molecule is COCCOCCOCCONOC. The third-order valence-corrected chi connectivity index (χ3v) is 1.28. The van der Waals surface area contributed by atoms with Crippen molar-refractivity contribution in [2.24, 2.45) is 0 Å². The summed E-state index contributed by atoms with van der Waals surface area (Å²) < 4.78 is 15.2. The second-order valence-corrected chi connectivity index (χ2v) is 2.35. The monoisotopic (exact) mass is 209 g/mol. The normalized spacial score (nSPS) is 10.7. The van der Waals surface area contributed by atoms with E-state index in [1.54, 1.807) is 7.11 Å². The predicted molar refractivity (Wildman–Crippen MR) is 49.6 cm³/mol. The van der Waals surface area contributed by atoms with E-state index in [1.807, 2.05) is 0 Å². The number of ether oxygens (including phenoxy) is 3. The number of hydrogen-bond donors (Lipinski definition) is 1. The molecule has 0 unspecified atom stereocenters. The summed E-state index contributed by atoms with van der Waals surface area (Å²) in [6.45, 7) is 3.28. The Morgan fingerprint density at radius 2 is 1.36 bits per heavy atom. The van der Waals surface area contributed by atoms with Crippen molar-refractivity contribution < 1.29 is 23.9 Å². The third-order valence-electron chi connectivity index (χ3n) is 1.28. The molecule has 0 saturated carbocycles. The molecule has 0 aromatic heterocycles. The van der Waals surface area contributed by atoms with Gasteiger partial charge < -0.3 is 14.2 Å². The Morgan fingerprint density at radius 1 is 0.786 bits per heavy atom. The summed E-state index contributed by atoms with van der Waals surface area (Å²) in [7, 11) is 3.12. The van der Waals surface area contributed by atoms with Crippen molar-refractivity contribution in [1.82, 2.24) is 5.64 Å². The third kappa shape index (κ3) is 11.8. The minimum absolute atomic E-state index is 0.436. The van der Waals surface area contributed by atoms with Crippen LogP contribution in [0.5, 0.6) is 0 Å². The van der Waals surface area contributed by atoms with Crippen molar-refractivity contribution in [3.63, 3.8) is 0 Å². The van der Waals surface area contributed by atoms with Gasteiger partial charge in [0.15, 0.2) is 0 Å². The fourth-order valence-corrected chi connectivity index (χ4v) is 0.665. The van der Waals surface area contributed by atoms with Crippen LogP contribution in [0.4, 0.5) is 0 Å². The highest BCUT2D eigenvalue weighted by Gasteiger charge is 1.90. The maximum atomic E-state index is 5.17. The van der Waals surface area contributed by atoms with Crippen molar-refractivity contribution in [3.05, 3.63) is 0 Å². The fourth-order valence-electron chi connectivity index (χ4n) is 0.665. The van der Waals surface area contributed by atoms with Crippen LogP contribution in [-0.4, -0.2) is 53.9 Å². The highest BCUT2D eigenvalue weighted by Crippen LogP contribution is 1.80. The lowest BCUT2D eigenvalue weighted by molar-refractivity contribution is -0.160. The van der Waals surface area contributed by atoms with Crippen molar-refractivity contribution in [2.45, 2.75) is 0 Å². The molecule has 0 rings (SSSR count). The molecule has 14 heavy (non-hydrogen) atoms. The molecule has 0 bridgehead atoms. The predicted octanol–water partition coefficient (Wildman–Crippen LogP) is -0.251. The van der Waals surface area contributed by atoms with Gasteiger partial charge in [-0.3, -0.25) is 9.68 Å². The van der Waals surface area contributed by atoms with Gasteiger partial charge in [0.25, 0.3) is 0 Å². The number of hydrogen-bond acceptors (Lipinski definition) is 6. The standard InChI is InChI=1S/C8H19NO5/c1-10-3-4-12-5-6-13-7-8-14-9-11-2/h9H,3-8H2,1-2H3. The van der Waals surface area contributed by atoms with Crippen molar-refractivity contribution in [2.75, 3.05) is 53.9 Å². The molecule has 0 aliphatic heterocycles. The minimum atomic E-state index is 0.436. The van der Waals surface area contributed by atoms with E-state index in [0.717, 1.165) is 0 Å². The Morgan fingerprint density at radius 3 is 1.93 bits per heavy atom. The summed E-state index contributed by atoms with van der Waals surface area (Å²) >= 11 is 0. The highest BCUT2D eigenvalue weighted by molar-refractivity contribution is 4.32. The van der Waals surface area contributed by atoms with Gasteiger partial charge >= 0.3 is 0 Å². The number of nitrogens with one attached hydrogen (secondary N) is 1. The van der Waals surface area contributed by atoms with Gasteiger partial charge in [-0.25, -0.2) is 0 Å². The molecule has 0 heterocycles. The second kappa shape index (κ2) is 12.8. The van der Waals surface area contributed by atoms with E-state index >= 15 is 0 Å². The Labute approximate surface area is 84.3 Å². The molecular formula is C8H19NO5. The quantitative estimate of drug-likeness (QED) is 0.374. The Balaban J connectivity index is 2.78. The van der Waals surface area contributed by atoms with E-state index in [4.69, 9.17) is 19.0 Å². The lowest BCUT2D eigenvalue weighted by Gasteiger charge is -2.05. The van der Waals surface area contributed by atoms with Crippen molar-refractivity contribution in [3.8, 4) is 0 Å². The van der Waals surface area contributed by atoms with Gasteiger partial charge in [0.2, 0.25) is 0 Å². The fraction of sp³-hybridized carbons (Fsp3) is 1.00. The van der Waals surface area contributed by atoms with Crippen molar-refractivity contribution in [1.29, 1.82) is 0 Å². The molecule has 0 saturated heterocycles. The van der Waals surface area contributed by atoms with Crippen LogP contribution < -0.4 is 5.64 Å². The Bertz CT molecular complexity index is 91.7. The zero-order valence-electron chi connectivity index (χ0n) is 8.78. The molecule has 0 fully saturated rings. The van der Waals surface area contributed by atoms with Crippen LogP contribution >= 0.6 is 0 Å². The molecule has 0 aromatic carbocycles. The zero-order chi connectivity index (χ0) is 10.5. The zero-order valence-corrected chi connectivity index (χ0v) is 8.78.